The van der Waals surface area contributed by atoms with Crippen molar-refractivity contribution < 1.29 is 4.57 Å². The third-order valence-electron chi connectivity index (χ3n) is 7.87. The Bertz CT molecular complexity index is 1940. The van der Waals surface area contributed by atoms with Gasteiger partial charge in [0.25, 0.3) is 5.01 Å². The lowest BCUT2D eigenvalue weighted by molar-refractivity contribution is -0.642. The maximum absolute atomic E-state index is 3.29. The fourth-order valence-electron chi connectivity index (χ4n) is 5.73. The molecule has 6 aromatic rings. The number of nitrogens with one attached hydrogen (secondary N) is 1. The Kier molecular flexibility index (Phi) is 6.54. The van der Waals surface area contributed by atoms with Gasteiger partial charge in [-0.3, -0.25) is 0 Å². The number of nitrogens with zero attached hydrogens (tertiary/aromatic N) is 3. The molecule has 0 saturated heterocycles. The molecule has 4 aromatic carbocycles. The van der Waals surface area contributed by atoms with Crippen molar-refractivity contribution in [1.29, 1.82) is 0 Å². The number of aryl methyl sites for hydroxylation is 1. The molecule has 0 fully saturated rings. The van der Waals surface area contributed by atoms with Gasteiger partial charge in [0.15, 0.2) is 0 Å². The van der Waals surface area contributed by atoms with Gasteiger partial charge in [0.1, 0.15) is 11.7 Å². The number of thiazole rings is 1. The Morgan fingerprint density at radius 3 is 2.51 bits per heavy atom. The number of H-pyrrole nitrogens is 1. The Morgan fingerprint density at radius 1 is 0.878 bits per heavy atom. The number of benzene rings is 4. The number of para-hydroxylation sites is 1. The number of aromatic nitrogens is 2. The summed E-state index contributed by atoms with van der Waals surface area (Å²) in [7, 11) is 6.38. The van der Waals surface area contributed by atoms with Crippen LogP contribution in [0.5, 0.6) is 0 Å². The Balaban J connectivity index is 1.19. The maximum atomic E-state index is 3.29. The quantitative estimate of drug-likeness (QED) is 0.212. The van der Waals surface area contributed by atoms with Crippen molar-refractivity contribution in [2.24, 2.45) is 7.05 Å². The molecule has 41 heavy (non-hydrogen) atoms. The molecule has 0 aliphatic carbocycles. The molecular weight excluding hydrogens is 520 g/mol. The lowest BCUT2D eigenvalue weighted by Crippen LogP contribution is -2.29. The van der Waals surface area contributed by atoms with Gasteiger partial charge in [-0.15, -0.1) is 0 Å². The minimum absolute atomic E-state index is 0.844. The van der Waals surface area contributed by atoms with Crippen LogP contribution in [0, 0.1) is 0 Å². The molecule has 0 atom stereocenters. The molecule has 0 bridgehead atoms. The van der Waals surface area contributed by atoms with Crippen LogP contribution in [0.15, 0.2) is 109 Å². The van der Waals surface area contributed by atoms with Crippen LogP contribution in [0.4, 0.5) is 5.69 Å². The van der Waals surface area contributed by atoms with Gasteiger partial charge in [-0.05, 0) is 89.8 Å². The first-order chi connectivity index (χ1) is 20.0. The fraction of sp³-hybridized carbons (Fsp3) is 0.139. The summed E-state index contributed by atoms with van der Waals surface area (Å²) in [6.07, 6.45) is 8.81. The molecule has 5 heteroatoms. The highest BCUT2D eigenvalue weighted by Gasteiger charge is 2.20. The van der Waals surface area contributed by atoms with Crippen molar-refractivity contribution >= 4 is 49.8 Å². The molecular formula is C36H33N4S+. The van der Waals surface area contributed by atoms with Crippen LogP contribution in [0.2, 0.25) is 0 Å². The molecule has 1 aliphatic heterocycles. The number of rotatable bonds is 6. The minimum Gasteiger partial charge on any atom is -0.361 e. The van der Waals surface area contributed by atoms with Crippen LogP contribution < -0.4 is 9.47 Å². The number of hydrogen-bond acceptors (Lipinski definition) is 3. The van der Waals surface area contributed by atoms with Crippen LogP contribution in [0.1, 0.15) is 21.7 Å². The van der Waals surface area contributed by atoms with Gasteiger partial charge in [-0.1, -0.05) is 59.9 Å². The van der Waals surface area contributed by atoms with Crippen LogP contribution >= 0.6 is 11.3 Å². The molecule has 0 radical (unpaired) electrons. The minimum atomic E-state index is 0.844. The largest absolute Gasteiger partial charge is 0.361 e. The van der Waals surface area contributed by atoms with E-state index in [1.807, 2.05) is 17.5 Å². The van der Waals surface area contributed by atoms with Crippen molar-refractivity contribution in [2.45, 2.75) is 13.1 Å². The third kappa shape index (κ3) is 4.99. The van der Waals surface area contributed by atoms with Crippen molar-refractivity contribution in [1.82, 2.24) is 9.88 Å². The normalized spacial score (nSPS) is 14.0. The van der Waals surface area contributed by atoms with Crippen LogP contribution in [-0.2, 0) is 20.1 Å². The summed E-state index contributed by atoms with van der Waals surface area (Å²) >= 11 is 1.84. The molecule has 4 nitrogen and oxygen atoms in total. The highest BCUT2D eigenvalue weighted by Crippen LogP contribution is 2.36. The molecule has 0 saturated carbocycles. The molecule has 2 aromatic heterocycles. The predicted molar refractivity (Wildman–Crippen MR) is 174 cm³/mol. The van der Waals surface area contributed by atoms with Crippen molar-refractivity contribution in [3.05, 3.63) is 131 Å². The second-order valence-electron chi connectivity index (χ2n) is 11.1. The molecule has 202 valence electrons. The summed E-state index contributed by atoms with van der Waals surface area (Å²) in [6, 6.07) is 33.3. The van der Waals surface area contributed by atoms with Crippen molar-refractivity contribution in [3.8, 4) is 11.1 Å². The van der Waals surface area contributed by atoms with Gasteiger partial charge in [0.2, 0.25) is 5.52 Å². The molecule has 1 N–H and O–H groups in total. The van der Waals surface area contributed by atoms with Crippen LogP contribution in [0.3, 0.4) is 0 Å². The summed E-state index contributed by atoms with van der Waals surface area (Å²) in [5, 5.41) is 2.47. The number of aromatic amines is 1. The highest BCUT2D eigenvalue weighted by molar-refractivity contribution is 7.19. The molecule has 1 aliphatic rings. The smallest absolute Gasteiger partial charge is 0.263 e. The summed E-state index contributed by atoms with van der Waals surface area (Å²) in [5.41, 5.74) is 11.3. The molecule has 0 unspecified atom stereocenters. The monoisotopic (exact) mass is 553 g/mol. The standard InChI is InChI=1S/C36H33N4S/c1-38(2)23-25-8-10-26(11-9-25)24-40-19-17-29(31-6-4-5-7-33(31)40)22-36-39(3)34-15-13-28(21-35(34)41-36)27-12-14-32-30(20-27)16-18-37-32/h4-22,37H,23-24H2,1-3H3/q+1. The number of anilines is 1. The van der Waals surface area contributed by atoms with Gasteiger partial charge in [0.05, 0.1) is 0 Å². The number of fused-ring (bicyclic) bond motifs is 3. The highest BCUT2D eigenvalue weighted by atomic mass is 32.1. The predicted octanol–water partition coefficient (Wildman–Crippen LogP) is 8.01. The van der Waals surface area contributed by atoms with Gasteiger partial charge in [-0.2, -0.15) is 4.57 Å². The first-order valence-electron chi connectivity index (χ1n) is 14.0. The summed E-state index contributed by atoms with van der Waals surface area (Å²) in [5.74, 6) is 0. The number of allylic oxidation sites excluding steroid dienone is 2. The van der Waals surface area contributed by atoms with Gasteiger partial charge < -0.3 is 14.8 Å². The van der Waals surface area contributed by atoms with Crippen LogP contribution in [-0.4, -0.2) is 24.0 Å². The Labute approximate surface area is 245 Å². The van der Waals surface area contributed by atoms with E-state index in [0.29, 0.717) is 0 Å². The molecule has 0 amide bonds. The summed E-state index contributed by atoms with van der Waals surface area (Å²) < 4.78 is 3.60. The van der Waals surface area contributed by atoms with E-state index in [-0.39, 0.29) is 0 Å². The Hall–Kier alpha value is -4.45. The van der Waals surface area contributed by atoms with Crippen molar-refractivity contribution in [2.75, 3.05) is 19.0 Å². The van der Waals surface area contributed by atoms with Gasteiger partial charge >= 0.3 is 0 Å². The number of hydrogen-bond donors (Lipinski definition) is 1. The SMILES string of the molecule is CN(C)Cc1ccc(CN2C=CC(=Cc3sc4cc(-c5ccc6[nH]ccc6c5)ccc4[n+]3C)c3ccccc32)cc1. The van der Waals surface area contributed by atoms with Gasteiger partial charge in [-0.25, -0.2) is 0 Å². The van der Waals surface area contributed by atoms with Gasteiger partial charge in [0, 0.05) is 54.4 Å². The third-order valence-corrected chi connectivity index (χ3v) is 9.01. The fourth-order valence-corrected chi connectivity index (χ4v) is 6.87. The van der Waals surface area contributed by atoms with E-state index < -0.39 is 0 Å². The van der Waals surface area contributed by atoms with E-state index >= 15 is 0 Å². The topological polar surface area (TPSA) is 26.1 Å². The molecule has 7 rings (SSSR count). The average Bonchev–Trinajstić information content (AvgIpc) is 3.58. The first kappa shape index (κ1) is 25.5. The zero-order valence-corrected chi connectivity index (χ0v) is 24.5. The zero-order chi connectivity index (χ0) is 27.9. The lowest BCUT2D eigenvalue weighted by atomic mass is 9.99. The first-order valence-corrected chi connectivity index (χ1v) is 14.8. The van der Waals surface area contributed by atoms with E-state index in [4.69, 9.17) is 0 Å². The lowest BCUT2D eigenvalue weighted by Gasteiger charge is -2.27. The molecule has 0 spiro atoms. The Morgan fingerprint density at radius 2 is 1.66 bits per heavy atom. The van der Waals surface area contributed by atoms with E-state index in [2.05, 4.69) is 150 Å². The second kappa shape index (κ2) is 10.5. The summed E-state index contributed by atoms with van der Waals surface area (Å²) in [4.78, 5) is 7.84. The van der Waals surface area contributed by atoms with Crippen LogP contribution in [0.25, 0.3) is 43.9 Å². The van der Waals surface area contributed by atoms with E-state index in [9.17, 15) is 0 Å². The van der Waals surface area contributed by atoms with E-state index in [1.165, 1.54) is 65.2 Å². The second-order valence-corrected chi connectivity index (χ2v) is 12.1. The van der Waals surface area contributed by atoms with E-state index in [1.54, 1.807) is 0 Å². The maximum Gasteiger partial charge on any atom is 0.263 e. The zero-order valence-electron chi connectivity index (χ0n) is 23.6. The average molecular weight is 554 g/mol. The molecule has 3 heterocycles. The van der Waals surface area contributed by atoms with Crippen molar-refractivity contribution in [3.63, 3.8) is 0 Å². The van der Waals surface area contributed by atoms with E-state index in [0.717, 1.165) is 13.1 Å². The summed E-state index contributed by atoms with van der Waals surface area (Å²) in [6.45, 7) is 1.80.